The second-order valence-electron chi connectivity index (χ2n) is 4.94. The molecule has 0 aromatic rings. The molecule has 0 radical (unpaired) electrons. The average Bonchev–Trinajstić information content (AvgIpc) is 2.07. The van der Waals surface area contributed by atoms with Crippen molar-refractivity contribution in [3.63, 3.8) is 0 Å². The lowest BCUT2D eigenvalue weighted by Gasteiger charge is -2.35. The largest absolute Gasteiger partial charge is 0.462 e. The van der Waals surface area contributed by atoms with Crippen LogP contribution in [-0.2, 0) is 9.53 Å². The average molecular weight is 198 g/mol. The number of hydrogen-bond acceptors (Lipinski definition) is 2. The smallest absolute Gasteiger partial charge is 0.302 e. The fraction of sp³-hybridized carbons (Fsp3) is 0.917. The second kappa shape index (κ2) is 4.81. The molecule has 1 aliphatic rings. The zero-order chi connectivity index (χ0) is 10.7. The van der Waals surface area contributed by atoms with Gasteiger partial charge in [-0.2, -0.15) is 0 Å². The van der Waals surface area contributed by atoms with Crippen LogP contribution < -0.4 is 0 Å². The molecule has 1 saturated carbocycles. The molecule has 0 aliphatic heterocycles. The van der Waals surface area contributed by atoms with Crippen LogP contribution in [0.15, 0.2) is 0 Å². The standard InChI is InChI=1S/C12H22O2/c1-8(2)11-6-5-9(3)12(7-11)14-10(4)13/h8-9,11-12H,5-7H2,1-4H3/t9-,11-,12-/m1/s1. The maximum Gasteiger partial charge on any atom is 0.302 e. The van der Waals surface area contributed by atoms with Gasteiger partial charge >= 0.3 is 5.97 Å². The van der Waals surface area contributed by atoms with Crippen LogP contribution in [0.3, 0.4) is 0 Å². The van der Waals surface area contributed by atoms with E-state index < -0.39 is 0 Å². The molecule has 3 atom stereocenters. The van der Waals surface area contributed by atoms with Crippen LogP contribution >= 0.6 is 0 Å². The van der Waals surface area contributed by atoms with E-state index in [9.17, 15) is 4.79 Å². The molecular weight excluding hydrogens is 176 g/mol. The fourth-order valence-corrected chi connectivity index (χ4v) is 2.29. The molecule has 0 aromatic carbocycles. The van der Waals surface area contributed by atoms with Crippen LogP contribution in [0.25, 0.3) is 0 Å². The summed E-state index contributed by atoms with van der Waals surface area (Å²) in [5, 5.41) is 0. The van der Waals surface area contributed by atoms with Crippen molar-refractivity contribution in [2.45, 2.75) is 53.1 Å². The Kier molecular flexibility index (Phi) is 3.97. The van der Waals surface area contributed by atoms with E-state index >= 15 is 0 Å². The molecule has 0 aromatic heterocycles. The molecule has 0 spiro atoms. The van der Waals surface area contributed by atoms with Gasteiger partial charge in [-0.15, -0.1) is 0 Å². The summed E-state index contributed by atoms with van der Waals surface area (Å²) >= 11 is 0. The molecule has 0 saturated heterocycles. The lowest BCUT2D eigenvalue weighted by Crippen LogP contribution is -2.33. The summed E-state index contributed by atoms with van der Waals surface area (Å²) < 4.78 is 5.34. The molecule has 0 unspecified atom stereocenters. The van der Waals surface area contributed by atoms with Crippen LogP contribution in [0.1, 0.15) is 47.0 Å². The monoisotopic (exact) mass is 198 g/mol. The number of esters is 1. The van der Waals surface area contributed by atoms with Crippen LogP contribution in [0, 0.1) is 17.8 Å². The maximum atomic E-state index is 10.9. The van der Waals surface area contributed by atoms with E-state index in [0.29, 0.717) is 11.8 Å². The minimum absolute atomic E-state index is 0.133. The first kappa shape index (κ1) is 11.5. The van der Waals surface area contributed by atoms with Crippen molar-refractivity contribution in [2.24, 2.45) is 17.8 Å². The Morgan fingerprint density at radius 3 is 2.50 bits per heavy atom. The first-order chi connectivity index (χ1) is 6.50. The van der Waals surface area contributed by atoms with Gasteiger partial charge in [-0.3, -0.25) is 4.79 Å². The van der Waals surface area contributed by atoms with E-state index in [2.05, 4.69) is 20.8 Å². The normalized spacial score (nSPS) is 33.1. The van der Waals surface area contributed by atoms with Gasteiger partial charge in [0.05, 0.1) is 0 Å². The number of carbonyl (C=O) groups excluding carboxylic acids is 1. The van der Waals surface area contributed by atoms with Crippen molar-refractivity contribution in [1.29, 1.82) is 0 Å². The van der Waals surface area contributed by atoms with E-state index in [1.165, 1.54) is 19.8 Å². The predicted octanol–water partition coefficient (Wildman–Crippen LogP) is 3.01. The lowest BCUT2D eigenvalue weighted by molar-refractivity contribution is -0.151. The van der Waals surface area contributed by atoms with Crippen LogP contribution in [0.4, 0.5) is 0 Å². The Morgan fingerprint density at radius 1 is 1.36 bits per heavy atom. The SMILES string of the molecule is CC(=O)O[C@@H]1C[C@H](C(C)C)CC[C@H]1C. The van der Waals surface area contributed by atoms with Crippen molar-refractivity contribution in [3.05, 3.63) is 0 Å². The predicted molar refractivity (Wildman–Crippen MR) is 56.9 cm³/mol. The van der Waals surface area contributed by atoms with Gasteiger partial charge in [-0.1, -0.05) is 20.8 Å². The third kappa shape index (κ3) is 3.00. The van der Waals surface area contributed by atoms with Crippen molar-refractivity contribution in [1.82, 2.24) is 0 Å². The molecule has 1 aliphatic carbocycles. The van der Waals surface area contributed by atoms with Crippen molar-refractivity contribution in [2.75, 3.05) is 0 Å². The van der Waals surface area contributed by atoms with E-state index in [-0.39, 0.29) is 12.1 Å². The molecule has 1 rings (SSSR count). The summed E-state index contributed by atoms with van der Waals surface area (Å²) in [6.07, 6.45) is 3.70. The van der Waals surface area contributed by atoms with E-state index in [4.69, 9.17) is 4.74 Å². The third-order valence-corrected chi connectivity index (χ3v) is 3.42. The number of rotatable bonds is 2. The third-order valence-electron chi connectivity index (χ3n) is 3.42. The van der Waals surface area contributed by atoms with Gasteiger partial charge in [0.1, 0.15) is 6.10 Å². The minimum atomic E-state index is -0.133. The quantitative estimate of drug-likeness (QED) is 0.637. The molecule has 0 bridgehead atoms. The van der Waals surface area contributed by atoms with E-state index in [0.717, 1.165) is 12.3 Å². The van der Waals surface area contributed by atoms with Gasteiger partial charge in [0.15, 0.2) is 0 Å². The highest BCUT2D eigenvalue weighted by Crippen LogP contribution is 2.34. The van der Waals surface area contributed by atoms with Gasteiger partial charge in [-0.05, 0) is 37.0 Å². The van der Waals surface area contributed by atoms with Gasteiger partial charge in [0, 0.05) is 6.92 Å². The molecule has 1 fully saturated rings. The minimum Gasteiger partial charge on any atom is -0.462 e. The summed E-state index contributed by atoms with van der Waals surface area (Å²) in [7, 11) is 0. The lowest BCUT2D eigenvalue weighted by atomic mass is 9.76. The molecule has 2 heteroatoms. The number of carbonyl (C=O) groups is 1. The first-order valence-electron chi connectivity index (χ1n) is 5.68. The summed E-state index contributed by atoms with van der Waals surface area (Å²) in [6.45, 7) is 8.20. The Morgan fingerprint density at radius 2 is 2.00 bits per heavy atom. The topological polar surface area (TPSA) is 26.3 Å². The Labute approximate surface area is 87.0 Å². The Bertz CT molecular complexity index is 198. The van der Waals surface area contributed by atoms with E-state index in [1.807, 2.05) is 0 Å². The highest BCUT2D eigenvalue weighted by atomic mass is 16.5. The first-order valence-corrected chi connectivity index (χ1v) is 5.68. The molecule has 82 valence electrons. The van der Waals surface area contributed by atoms with Crippen LogP contribution in [0.5, 0.6) is 0 Å². The Balaban J connectivity index is 2.50. The zero-order valence-corrected chi connectivity index (χ0v) is 9.75. The maximum absolute atomic E-state index is 10.9. The summed E-state index contributed by atoms with van der Waals surface area (Å²) in [5.74, 6) is 1.84. The zero-order valence-electron chi connectivity index (χ0n) is 9.75. The summed E-state index contributed by atoms with van der Waals surface area (Å²) in [5.41, 5.74) is 0. The molecule has 14 heavy (non-hydrogen) atoms. The van der Waals surface area contributed by atoms with Gasteiger partial charge in [0.2, 0.25) is 0 Å². The molecule has 0 N–H and O–H groups in total. The van der Waals surface area contributed by atoms with Crippen molar-refractivity contribution in [3.8, 4) is 0 Å². The van der Waals surface area contributed by atoms with Crippen LogP contribution in [-0.4, -0.2) is 12.1 Å². The molecule has 0 amide bonds. The molecular formula is C12H22O2. The number of hydrogen-bond donors (Lipinski definition) is 0. The van der Waals surface area contributed by atoms with Crippen molar-refractivity contribution >= 4 is 5.97 Å². The summed E-state index contributed by atoms with van der Waals surface area (Å²) in [6, 6.07) is 0. The molecule has 2 nitrogen and oxygen atoms in total. The summed E-state index contributed by atoms with van der Waals surface area (Å²) in [4.78, 5) is 10.9. The second-order valence-corrected chi connectivity index (χ2v) is 4.94. The highest BCUT2D eigenvalue weighted by Gasteiger charge is 2.30. The van der Waals surface area contributed by atoms with Crippen molar-refractivity contribution < 1.29 is 9.53 Å². The number of ether oxygens (including phenoxy) is 1. The highest BCUT2D eigenvalue weighted by molar-refractivity contribution is 5.66. The van der Waals surface area contributed by atoms with Gasteiger partial charge < -0.3 is 4.74 Å². The van der Waals surface area contributed by atoms with E-state index in [1.54, 1.807) is 0 Å². The van der Waals surface area contributed by atoms with Gasteiger partial charge in [0.25, 0.3) is 0 Å². The molecule has 0 heterocycles. The van der Waals surface area contributed by atoms with Crippen LogP contribution in [0.2, 0.25) is 0 Å². The Hall–Kier alpha value is -0.530. The fourth-order valence-electron chi connectivity index (χ4n) is 2.29. The van der Waals surface area contributed by atoms with Gasteiger partial charge in [-0.25, -0.2) is 0 Å².